The van der Waals surface area contributed by atoms with Gasteiger partial charge in [0.05, 0.1) is 16.7 Å². The molecule has 0 unspecified atom stereocenters. The van der Waals surface area contributed by atoms with Crippen LogP contribution in [0, 0.1) is 0 Å². The first-order valence-electron chi connectivity index (χ1n) is 11.0. The second kappa shape index (κ2) is 9.87. The Bertz CT molecular complexity index is 1080. The highest BCUT2D eigenvalue weighted by molar-refractivity contribution is 7.99. The zero-order valence-electron chi connectivity index (χ0n) is 18.5. The van der Waals surface area contributed by atoms with Crippen molar-refractivity contribution in [3.63, 3.8) is 0 Å². The molecule has 0 aliphatic carbocycles. The zero-order valence-corrected chi connectivity index (χ0v) is 19.3. The molecule has 2 aliphatic heterocycles. The van der Waals surface area contributed by atoms with Crippen LogP contribution in [0.4, 0.5) is 0 Å². The van der Waals surface area contributed by atoms with Crippen LogP contribution in [0.15, 0.2) is 40.8 Å². The molecule has 0 spiro atoms. The summed E-state index contributed by atoms with van der Waals surface area (Å²) in [5.74, 6) is 0.246. The second-order valence-electron chi connectivity index (χ2n) is 8.30. The van der Waals surface area contributed by atoms with Crippen LogP contribution in [-0.4, -0.2) is 88.1 Å². The molecule has 2 amide bonds. The predicted octanol–water partition coefficient (Wildman–Crippen LogP) is 1.68. The number of carbonyl (C=O) groups is 2. The minimum atomic E-state index is -0.190. The van der Waals surface area contributed by atoms with E-state index < -0.39 is 0 Å². The van der Waals surface area contributed by atoms with Crippen molar-refractivity contribution >= 4 is 34.5 Å². The molecule has 0 N–H and O–H groups in total. The molecule has 0 atom stereocenters. The van der Waals surface area contributed by atoms with E-state index in [2.05, 4.69) is 16.5 Å². The van der Waals surface area contributed by atoms with Crippen LogP contribution < -0.4 is 5.56 Å². The molecule has 8 nitrogen and oxygen atoms in total. The van der Waals surface area contributed by atoms with Gasteiger partial charge in [0.15, 0.2) is 5.16 Å². The van der Waals surface area contributed by atoms with E-state index in [4.69, 9.17) is 0 Å². The van der Waals surface area contributed by atoms with Crippen molar-refractivity contribution in [1.29, 1.82) is 0 Å². The average Bonchev–Trinajstić information content (AvgIpc) is 3.34. The maximum Gasteiger partial charge on any atom is 0.262 e. The molecular formula is C23H29N5O3S. The zero-order chi connectivity index (χ0) is 22.7. The summed E-state index contributed by atoms with van der Waals surface area (Å²) in [6.45, 7) is 8.69. The van der Waals surface area contributed by atoms with Crippen LogP contribution in [-0.2, 0) is 11.3 Å². The van der Waals surface area contributed by atoms with Crippen LogP contribution in [0.1, 0.15) is 23.2 Å². The van der Waals surface area contributed by atoms with Gasteiger partial charge < -0.3 is 14.7 Å². The highest BCUT2D eigenvalue weighted by Gasteiger charge is 2.22. The summed E-state index contributed by atoms with van der Waals surface area (Å²) in [5.41, 5.74) is 0.815. The van der Waals surface area contributed by atoms with E-state index in [9.17, 15) is 14.4 Å². The van der Waals surface area contributed by atoms with Gasteiger partial charge in [-0.1, -0.05) is 17.8 Å². The SMILES string of the molecule is C=CCn1c(SCC(=O)N2CCCC2)nc2cc(C(=O)N3CCN(C)CC3)ccc2c1=O. The smallest absolute Gasteiger partial charge is 0.262 e. The minimum Gasteiger partial charge on any atom is -0.342 e. The molecule has 2 fully saturated rings. The van der Waals surface area contributed by atoms with Crippen LogP contribution >= 0.6 is 11.8 Å². The van der Waals surface area contributed by atoms with Crippen molar-refractivity contribution in [2.24, 2.45) is 0 Å². The normalized spacial score (nSPS) is 17.2. The molecule has 32 heavy (non-hydrogen) atoms. The van der Waals surface area contributed by atoms with Gasteiger partial charge in [-0.05, 0) is 38.1 Å². The first-order valence-corrected chi connectivity index (χ1v) is 12.0. The van der Waals surface area contributed by atoms with Crippen LogP contribution in [0.3, 0.4) is 0 Å². The lowest BCUT2D eigenvalue weighted by Crippen LogP contribution is -2.47. The molecule has 9 heteroatoms. The largest absolute Gasteiger partial charge is 0.342 e. The van der Waals surface area contributed by atoms with Gasteiger partial charge in [0, 0.05) is 51.4 Å². The van der Waals surface area contributed by atoms with Gasteiger partial charge in [-0.15, -0.1) is 6.58 Å². The molecule has 4 rings (SSSR count). The monoisotopic (exact) mass is 455 g/mol. The van der Waals surface area contributed by atoms with Gasteiger partial charge in [-0.2, -0.15) is 0 Å². The maximum atomic E-state index is 13.1. The molecule has 1 aromatic carbocycles. The molecule has 0 radical (unpaired) electrons. The lowest BCUT2D eigenvalue weighted by atomic mass is 10.1. The maximum absolute atomic E-state index is 13.1. The Balaban J connectivity index is 1.62. The van der Waals surface area contributed by atoms with E-state index in [0.717, 1.165) is 39.0 Å². The molecule has 2 aliphatic rings. The number of nitrogens with zero attached hydrogens (tertiary/aromatic N) is 5. The molecular weight excluding hydrogens is 426 g/mol. The Hall–Kier alpha value is -2.65. The molecule has 3 heterocycles. The number of carbonyl (C=O) groups excluding carboxylic acids is 2. The number of fused-ring (bicyclic) bond motifs is 1. The van der Waals surface area contributed by atoms with Gasteiger partial charge in [-0.25, -0.2) is 4.98 Å². The second-order valence-corrected chi connectivity index (χ2v) is 9.25. The number of hydrogen-bond acceptors (Lipinski definition) is 6. The van der Waals surface area contributed by atoms with Gasteiger partial charge in [0.1, 0.15) is 0 Å². The first kappa shape index (κ1) is 22.5. The molecule has 2 saturated heterocycles. The van der Waals surface area contributed by atoms with Crippen molar-refractivity contribution in [2.75, 3.05) is 52.1 Å². The minimum absolute atomic E-state index is 0.0458. The van der Waals surface area contributed by atoms with Crippen molar-refractivity contribution in [1.82, 2.24) is 24.3 Å². The van der Waals surface area contributed by atoms with E-state index in [-0.39, 0.29) is 23.1 Å². The fourth-order valence-corrected chi connectivity index (χ4v) is 5.02. The summed E-state index contributed by atoms with van der Waals surface area (Å²) in [6.07, 6.45) is 3.72. The number of allylic oxidation sites excluding steroid dienone is 1. The van der Waals surface area contributed by atoms with Crippen LogP contribution in [0.5, 0.6) is 0 Å². The van der Waals surface area contributed by atoms with Gasteiger partial charge in [0.25, 0.3) is 11.5 Å². The summed E-state index contributed by atoms with van der Waals surface area (Å²) in [6, 6.07) is 5.08. The van der Waals surface area contributed by atoms with Crippen LogP contribution in [0.25, 0.3) is 10.9 Å². The molecule has 1 aromatic heterocycles. The topological polar surface area (TPSA) is 78.8 Å². The molecule has 0 bridgehead atoms. The van der Waals surface area contributed by atoms with E-state index in [1.807, 2.05) is 16.8 Å². The Morgan fingerprint density at radius 1 is 1.09 bits per heavy atom. The quantitative estimate of drug-likeness (QED) is 0.375. The van der Waals surface area contributed by atoms with E-state index in [0.29, 0.717) is 41.3 Å². The summed E-state index contributed by atoms with van der Waals surface area (Å²) in [7, 11) is 2.05. The fraction of sp³-hybridized carbons (Fsp3) is 0.478. The lowest BCUT2D eigenvalue weighted by Gasteiger charge is -2.32. The Kier molecular flexibility index (Phi) is 6.95. The van der Waals surface area contributed by atoms with E-state index >= 15 is 0 Å². The van der Waals surface area contributed by atoms with Gasteiger partial charge in [0.2, 0.25) is 5.91 Å². The number of amides is 2. The third kappa shape index (κ3) is 4.73. The predicted molar refractivity (Wildman–Crippen MR) is 126 cm³/mol. The highest BCUT2D eigenvalue weighted by atomic mass is 32.2. The standard InChI is InChI=1S/C23H29N5O3S/c1-3-8-28-22(31)18-7-6-17(21(30)27-13-11-25(2)12-14-27)15-19(18)24-23(28)32-16-20(29)26-9-4-5-10-26/h3,6-7,15H,1,4-5,8-14,16H2,2H3. The van der Waals surface area contributed by atoms with Crippen molar-refractivity contribution in [3.8, 4) is 0 Å². The third-order valence-corrected chi connectivity index (χ3v) is 7.01. The number of rotatable bonds is 6. The number of piperazine rings is 1. The Labute approximate surface area is 191 Å². The van der Waals surface area contributed by atoms with Crippen molar-refractivity contribution in [2.45, 2.75) is 24.5 Å². The highest BCUT2D eigenvalue weighted by Crippen LogP contribution is 2.21. The number of hydrogen-bond donors (Lipinski definition) is 0. The van der Waals surface area contributed by atoms with Crippen LogP contribution in [0.2, 0.25) is 0 Å². The Morgan fingerprint density at radius 3 is 2.50 bits per heavy atom. The van der Waals surface area contributed by atoms with E-state index in [1.54, 1.807) is 28.8 Å². The average molecular weight is 456 g/mol. The molecule has 170 valence electrons. The number of benzene rings is 1. The van der Waals surface area contributed by atoms with Crippen molar-refractivity contribution < 1.29 is 9.59 Å². The summed E-state index contributed by atoms with van der Waals surface area (Å²) in [4.78, 5) is 49.2. The number of likely N-dealkylation sites (N-methyl/N-ethyl adjacent to an activating group) is 1. The number of thioether (sulfide) groups is 1. The van der Waals surface area contributed by atoms with Gasteiger partial charge in [-0.3, -0.25) is 19.0 Å². The third-order valence-electron chi connectivity index (χ3n) is 6.05. The van der Waals surface area contributed by atoms with Gasteiger partial charge >= 0.3 is 0 Å². The summed E-state index contributed by atoms with van der Waals surface area (Å²) >= 11 is 1.27. The first-order chi connectivity index (χ1) is 15.5. The van der Waals surface area contributed by atoms with Crippen molar-refractivity contribution in [3.05, 3.63) is 46.8 Å². The van der Waals surface area contributed by atoms with E-state index in [1.165, 1.54) is 11.8 Å². The number of likely N-dealkylation sites (tertiary alicyclic amines) is 1. The summed E-state index contributed by atoms with van der Waals surface area (Å²) in [5, 5.41) is 0.927. The summed E-state index contributed by atoms with van der Waals surface area (Å²) < 4.78 is 1.54. The fourth-order valence-electron chi connectivity index (χ4n) is 4.11. The molecule has 0 saturated carbocycles. The Morgan fingerprint density at radius 2 is 1.81 bits per heavy atom. The molecule has 2 aromatic rings. The number of aromatic nitrogens is 2. The lowest BCUT2D eigenvalue weighted by molar-refractivity contribution is -0.127.